The molecule has 0 spiro atoms. The Morgan fingerprint density at radius 3 is 2.79 bits per heavy atom. The minimum Gasteiger partial charge on any atom is -0.366 e. The molecule has 5 nitrogen and oxygen atoms in total. The predicted octanol–water partition coefficient (Wildman–Crippen LogP) is 1.44. The Morgan fingerprint density at radius 1 is 1.25 bits per heavy atom. The van der Waals surface area contributed by atoms with E-state index < -0.39 is 5.91 Å². The summed E-state index contributed by atoms with van der Waals surface area (Å²) in [5, 5.41) is 7.38. The van der Waals surface area contributed by atoms with E-state index in [1.54, 1.807) is 11.4 Å². The highest BCUT2D eigenvalue weighted by molar-refractivity contribution is 7.14. The van der Waals surface area contributed by atoms with E-state index in [1.165, 1.54) is 39.5 Å². The molecule has 24 heavy (non-hydrogen) atoms. The highest BCUT2D eigenvalue weighted by atomic mass is 32.1. The van der Waals surface area contributed by atoms with Crippen molar-refractivity contribution in [3.63, 3.8) is 0 Å². The van der Waals surface area contributed by atoms with E-state index in [0.717, 1.165) is 13.0 Å². The Balaban J connectivity index is 1.47. The van der Waals surface area contributed by atoms with Crippen molar-refractivity contribution in [1.82, 2.24) is 0 Å². The molecule has 4 N–H and O–H groups in total. The molecular weight excluding hydrogens is 342 g/mol. The summed E-state index contributed by atoms with van der Waals surface area (Å²) in [6.07, 6.45) is 3.58. The fourth-order valence-corrected chi connectivity index (χ4v) is 5.41. The molecule has 1 unspecified atom stereocenters. The Morgan fingerprint density at radius 2 is 2.04 bits per heavy atom. The molecule has 0 radical (unpaired) electrons. The lowest BCUT2D eigenvalue weighted by molar-refractivity contribution is -0.928. The van der Waals surface area contributed by atoms with Gasteiger partial charge in [0.05, 0.1) is 12.1 Å². The summed E-state index contributed by atoms with van der Waals surface area (Å²) in [6.45, 7) is 1.43. The first-order valence-corrected chi connectivity index (χ1v) is 9.97. The number of rotatable bonds is 5. The average Bonchev–Trinajstić information content (AvgIpc) is 3.07. The maximum atomic E-state index is 12.5. The first kappa shape index (κ1) is 15.8. The zero-order valence-corrected chi connectivity index (χ0v) is 14.8. The van der Waals surface area contributed by atoms with Gasteiger partial charge in [0.15, 0.2) is 6.54 Å². The molecule has 1 aliphatic carbocycles. The van der Waals surface area contributed by atoms with Crippen LogP contribution >= 0.6 is 22.7 Å². The van der Waals surface area contributed by atoms with E-state index in [0.29, 0.717) is 29.1 Å². The third-order valence-electron chi connectivity index (χ3n) is 4.89. The number of carbonyl (C=O) groups excluding carboxylic acids is 2. The molecular formula is C17H20N3O2S2+. The summed E-state index contributed by atoms with van der Waals surface area (Å²) < 4.78 is 0. The zero-order chi connectivity index (χ0) is 16.7. The first-order valence-electron chi connectivity index (χ1n) is 8.21. The van der Waals surface area contributed by atoms with Crippen molar-refractivity contribution in [2.24, 2.45) is 11.7 Å². The lowest BCUT2D eigenvalue weighted by Crippen LogP contribution is -3.14. The number of thiophene rings is 2. The number of quaternary nitrogens is 1. The van der Waals surface area contributed by atoms with E-state index in [1.807, 2.05) is 11.3 Å². The topological polar surface area (TPSA) is 76.6 Å². The van der Waals surface area contributed by atoms with Gasteiger partial charge in [0, 0.05) is 22.8 Å². The third kappa shape index (κ3) is 2.99. The van der Waals surface area contributed by atoms with Crippen molar-refractivity contribution >= 4 is 39.5 Å². The molecule has 7 heteroatoms. The molecule has 3 heterocycles. The minimum atomic E-state index is -0.504. The largest absolute Gasteiger partial charge is 0.366 e. The second-order valence-corrected chi connectivity index (χ2v) is 8.44. The summed E-state index contributed by atoms with van der Waals surface area (Å²) in [7, 11) is 0. The predicted molar refractivity (Wildman–Crippen MR) is 95.7 cm³/mol. The van der Waals surface area contributed by atoms with Crippen molar-refractivity contribution in [1.29, 1.82) is 0 Å². The van der Waals surface area contributed by atoms with Gasteiger partial charge in [-0.3, -0.25) is 9.59 Å². The van der Waals surface area contributed by atoms with Crippen LogP contribution in [-0.2, 0) is 11.2 Å². The normalized spacial score (nSPS) is 22.8. The van der Waals surface area contributed by atoms with E-state index in [-0.39, 0.29) is 5.91 Å². The molecule has 2 aromatic rings. The number of carbonyl (C=O) groups is 2. The van der Waals surface area contributed by atoms with Crippen LogP contribution < -0.4 is 16.0 Å². The fraction of sp³-hybridized carbons (Fsp3) is 0.412. The van der Waals surface area contributed by atoms with Crippen LogP contribution in [0.15, 0.2) is 22.9 Å². The van der Waals surface area contributed by atoms with Crippen molar-refractivity contribution in [2.45, 2.75) is 25.3 Å². The molecule has 0 bridgehead atoms. The second kappa shape index (κ2) is 6.31. The van der Waals surface area contributed by atoms with Crippen molar-refractivity contribution in [3.05, 3.63) is 38.9 Å². The Labute approximate surface area is 148 Å². The number of amides is 2. The molecule has 1 aliphatic heterocycles. The van der Waals surface area contributed by atoms with Gasteiger partial charge in [-0.05, 0) is 35.7 Å². The summed E-state index contributed by atoms with van der Waals surface area (Å²) in [5.41, 5.74) is 7.18. The molecule has 2 aromatic heterocycles. The smallest absolute Gasteiger partial charge is 0.280 e. The maximum absolute atomic E-state index is 12.5. The standard InChI is InChI=1S/C17H19N3O2S2/c18-16(22)12-5-8-24-17(12)19-14(21)9-20-6-3-13-11(4-7-23-13)15(20)10-1-2-10/h4-5,7-8,10,15H,1-3,6,9H2,(H2,18,22)(H,19,21)/p+1/t15-/m0/s1. The lowest BCUT2D eigenvalue weighted by atomic mass is 9.96. The van der Waals surface area contributed by atoms with Gasteiger partial charge in [-0.1, -0.05) is 0 Å². The van der Waals surface area contributed by atoms with E-state index in [4.69, 9.17) is 5.73 Å². The first-order chi connectivity index (χ1) is 11.6. The molecule has 1 saturated carbocycles. The van der Waals surface area contributed by atoms with E-state index in [2.05, 4.69) is 16.8 Å². The molecule has 2 atom stereocenters. The van der Waals surface area contributed by atoms with Crippen LogP contribution in [-0.4, -0.2) is 24.9 Å². The van der Waals surface area contributed by atoms with Crippen molar-refractivity contribution in [2.75, 3.05) is 18.4 Å². The van der Waals surface area contributed by atoms with Crippen LogP contribution in [0.1, 0.15) is 39.7 Å². The van der Waals surface area contributed by atoms with Gasteiger partial charge < -0.3 is 16.0 Å². The van der Waals surface area contributed by atoms with Gasteiger partial charge in [-0.15, -0.1) is 22.7 Å². The molecule has 1 fully saturated rings. The van der Waals surface area contributed by atoms with Crippen LogP contribution in [0.4, 0.5) is 5.00 Å². The molecule has 0 aromatic carbocycles. The van der Waals surface area contributed by atoms with Crippen molar-refractivity contribution in [3.8, 4) is 0 Å². The van der Waals surface area contributed by atoms with E-state index >= 15 is 0 Å². The van der Waals surface area contributed by atoms with Crippen LogP contribution in [0.25, 0.3) is 0 Å². The average molecular weight is 363 g/mol. The SMILES string of the molecule is NC(=O)c1ccsc1NC(=O)C[NH+]1CCc2sccc2[C@@H]1C1CC1. The van der Waals surface area contributed by atoms with Crippen LogP contribution in [0, 0.1) is 5.92 Å². The van der Waals surface area contributed by atoms with E-state index in [9.17, 15) is 9.59 Å². The summed E-state index contributed by atoms with van der Waals surface area (Å²) in [4.78, 5) is 26.7. The Kier molecular flexibility index (Phi) is 4.15. The lowest BCUT2D eigenvalue weighted by Gasteiger charge is -2.32. The maximum Gasteiger partial charge on any atom is 0.280 e. The van der Waals surface area contributed by atoms with Crippen LogP contribution in [0.3, 0.4) is 0 Å². The number of anilines is 1. The zero-order valence-electron chi connectivity index (χ0n) is 13.2. The van der Waals surface area contributed by atoms with Gasteiger partial charge in [0.2, 0.25) is 0 Å². The number of nitrogens with one attached hydrogen (secondary N) is 2. The number of hydrogen-bond acceptors (Lipinski definition) is 4. The quantitative estimate of drug-likeness (QED) is 0.753. The molecule has 2 amide bonds. The molecule has 0 saturated heterocycles. The third-order valence-corrected chi connectivity index (χ3v) is 6.72. The van der Waals surface area contributed by atoms with Gasteiger partial charge in [-0.2, -0.15) is 0 Å². The monoisotopic (exact) mass is 362 g/mol. The summed E-state index contributed by atoms with van der Waals surface area (Å²) >= 11 is 3.18. The highest BCUT2D eigenvalue weighted by Crippen LogP contribution is 2.42. The summed E-state index contributed by atoms with van der Waals surface area (Å²) in [6, 6.07) is 4.34. The number of hydrogen-bond donors (Lipinski definition) is 3. The number of fused-ring (bicyclic) bond motifs is 1. The van der Waals surface area contributed by atoms with Gasteiger partial charge in [0.1, 0.15) is 11.0 Å². The van der Waals surface area contributed by atoms with Gasteiger partial charge in [-0.25, -0.2) is 0 Å². The molecule has 2 aliphatic rings. The fourth-order valence-electron chi connectivity index (χ4n) is 3.67. The Hall–Kier alpha value is -1.70. The van der Waals surface area contributed by atoms with Crippen LogP contribution in [0.5, 0.6) is 0 Å². The summed E-state index contributed by atoms with van der Waals surface area (Å²) in [5.74, 6) is 0.166. The number of primary amides is 1. The molecule has 126 valence electrons. The van der Waals surface area contributed by atoms with Gasteiger partial charge in [0.25, 0.3) is 11.8 Å². The Bertz CT molecular complexity index is 778. The van der Waals surface area contributed by atoms with Crippen molar-refractivity contribution < 1.29 is 14.5 Å². The number of nitrogens with two attached hydrogens (primary N) is 1. The minimum absolute atomic E-state index is 0.0423. The van der Waals surface area contributed by atoms with Crippen LogP contribution in [0.2, 0.25) is 0 Å². The second-order valence-electron chi connectivity index (χ2n) is 6.53. The van der Waals surface area contributed by atoms with Gasteiger partial charge >= 0.3 is 0 Å². The molecule has 4 rings (SSSR count). The highest BCUT2D eigenvalue weighted by Gasteiger charge is 2.43.